The number of hydrogen-bond acceptors (Lipinski definition) is 5. The molecule has 1 amide bonds. The first-order valence-corrected chi connectivity index (χ1v) is 12.2. The Morgan fingerprint density at radius 2 is 1.74 bits per heavy atom. The zero-order chi connectivity index (χ0) is 24.2. The molecule has 6 heteroatoms. The van der Waals surface area contributed by atoms with Gasteiger partial charge in [0.15, 0.2) is 0 Å². The van der Waals surface area contributed by atoms with Gasteiger partial charge in [-0.2, -0.15) is 0 Å². The van der Waals surface area contributed by atoms with Crippen LogP contribution in [0.3, 0.4) is 0 Å². The third-order valence-corrected chi connectivity index (χ3v) is 6.62. The van der Waals surface area contributed by atoms with Gasteiger partial charge in [0.05, 0.1) is 24.8 Å². The number of ether oxygens (including phenoxy) is 2. The predicted octanol–water partition coefficient (Wildman–Crippen LogP) is 5.55. The maximum atomic E-state index is 13.3. The fraction of sp³-hybridized carbons (Fsp3) is 0.429. The van der Waals surface area contributed by atoms with Crippen molar-refractivity contribution in [3.05, 3.63) is 64.7 Å². The Balaban J connectivity index is 1.79. The quantitative estimate of drug-likeness (QED) is 0.316. The van der Waals surface area contributed by atoms with E-state index in [4.69, 9.17) is 9.47 Å². The molecule has 180 valence electrons. The second-order valence-electron chi connectivity index (χ2n) is 8.98. The second kappa shape index (κ2) is 10.3. The van der Waals surface area contributed by atoms with Crippen LogP contribution < -0.4 is 9.47 Å². The highest BCUT2D eigenvalue weighted by Crippen LogP contribution is 2.44. The first-order chi connectivity index (χ1) is 16.5. The lowest BCUT2D eigenvalue weighted by Gasteiger charge is -2.30. The number of nitrogens with zero attached hydrogens (tertiary/aromatic N) is 1. The Hall–Kier alpha value is -3.28. The number of likely N-dealkylation sites (tertiary alicyclic amines) is 1. The molecule has 1 heterocycles. The third kappa shape index (κ3) is 4.54. The van der Waals surface area contributed by atoms with Crippen molar-refractivity contribution in [1.82, 2.24) is 4.90 Å². The zero-order valence-corrected chi connectivity index (χ0v) is 20.2. The minimum atomic E-state index is -0.632. The summed E-state index contributed by atoms with van der Waals surface area (Å²) in [6.07, 6.45) is 4.68. The molecule has 1 aliphatic heterocycles. The summed E-state index contributed by atoms with van der Waals surface area (Å²) in [6.45, 7) is 7.03. The molecule has 2 fully saturated rings. The molecule has 0 spiro atoms. The van der Waals surface area contributed by atoms with Gasteiger partial charge in [-0.25, -0.2) is 0 Å². The van der Waals surface area contributed by atoms with Crippen LogP contribution >= 0.6 is 0 Å². The Labute approximate surface area is 201 Å². The molecule has 34 heavy (non-hydrogen) atoms. The molecule has 0 bridgehead atoms. The van der Waals surface area contributed by atoms with Gasteiger partial charge in [-0.15, -0.1) is 0 Å². The van der Waals surface area contributed by atoms with Gasteiger partial charge < -0.3 is 19.5 Å². The number of aryl methyl sites for hydroxylation is 1. The molecule has 0 radical (unpaired) electrons. The number of amides is 1. The Kier molecular flexibility index (Phi) is 7.25. The number of ketones is 1. The summed E-state index contributed by atoms with van der Waals surface area (Å²) in [5, 5.41) is 11.3. The van der Waals surface area contributed by atoms with Crippen molar-refractivity contribution >= 4 is 17.4 Å². The van der Waals surface area contributed by atoms with Crippen molar-refractivity contribution in [1.29, 1.82) is 0 Å². The fourth-order valence-electron chi connectivity index (χ4n) is 4.98. The van der Waals surface area contributed by atoms with E-state index in [-0.39, 0.29) is 17.4 Å². The van der Waals surface area contributed by atoms with Crippen LogP contribution in [-0.4, -0.2) is 41.0 Å². The van der Waals surface area contributed by atoms with Crippen LogP contribution in [0.15, 0.2) is 48.0 Å². The minimum absolute atomic E-state index is 0.00938. The largest absolute Gasteiger partial charge is 0.507 e. The van der Waals surface area contributed by atoms with Crippen LogP contribution in [0.1, 0.15) is 68.7 Å². The van der Waals surface area contributed by atoms with Crippen LogP contribution in [0, 0.1) is 6.92 Å². The maximum absolute atomic E-state index is 13.3. The van der Waals surface area contributed by atoms with Gasteiger partial charge in [0.2, 0.25) is 0 Å². The van der Waals surface area contributed by atoms with E-state index in [9.17, 15) is 14.7 Å². The lowest BCUT2D eigenvalue weighted by Crippen LogP contribution is -2.37. The standard InChI is InChI=1S/C28H33NO5/c1-4-16-34-23-15-12-20(17-18(23)3)26(30)24-25(19-10-13-22(14-11-19)33-5-2)29(28(32)27(24)31)21-8-6-7-9-21/h10-15,17,21,25,30H,4-9,16H2,1-3H3/b26-24-. The van der Waals surface area contributed by atoms with Crippen molar-refractivity contribution < 1.29 is 24.2 Å². The molecule has 4 rings (SSSR count). The minimum Gasteiger partial charge on any atom is -0.507 e. The van der Waals surface area contributed by atoms with Crippen molar-refractivity contribution in [2.75, 3.05) is 13.2 Å². The summed E-state index contributed by atoms with van der Waals surface area (Å²) in [5.41, 5.74) is 2.29. The average Bonchev–Trinajstić information content (AvgIpc) is 3.45. The highest BCUT2D eigenvalue weighted by atomic mass is 16.5. The van der Waals surface area contributed by atoms with Crippen LogP contribution in [0.5, 0.6) is 11.5 Å². The van der Waals surface area contributed by atoms with E-state index in [2.05, 4.69) is 0 Å². The third-order valence-electron chi connectivity index (χ3n) is 6.62. The first-order valence-electron chi connectivity index (χ1n) is 12.2. The van der Waals surface area contributed by atoms with Gasteiger partial charge in [-0.1, -0.05) is 31.9 Å². The van der Waals surface area contributed by atoms with Crippen molar-refractivity contribution in [2.24, 2.45) is 0 Å². The zero-order valence-electron chi connectivity index (χ0n) is 20.2. The molecule has 0 aromatic heterocycles. The van der Waals surface area contributed by atoms with E-state index in [0.717, 1.165) is 54.7 Å². The second-order valence-corrected chi connectivity index (χ2v) is 8.98. The number of aliphatic hydroxyl groups excluding tert-OH is 1. The number of carbonyl (C=O) groups is 2. The van der Waals surface area contributed by atoms with Crippen molar-refractivity contribution in [2.45, 2.75) is 65.0 Å². The molecule has 1 unspecified atom stereocenters. The summed E-state index contributed by atoms with van der Waals surface area (Å²) >= 11 is 0. The summed E-state index contributed by atoms with van der Waals surface area (Å²) in [6, 6.07) is 12.2. The van der Waals surface area contributed by atoms with Gasteiger partial charge in [0.1, 0.15) is 17.3 Å². The van der Waals surface area contributed by atoms with Gasteiger partial charge >= 0.3 is 0 Å². The van der Waals surface area contributed by atoms with Gasteiger partial charge in [0, 0.05) is 11.6 Å². The molecule has 1 atom stereocenters. The van der Waals surface area contributed by atoms with Gasteiger partial charge in [0.25, 0.3) is 11.7 Å². The Bertz CT molecular complexity index is 1080. The molecule has 1 saturated heterocycles. The summed E-state index contributed by atoms with van der Waals surface area (Å²) in [7, 11) is 0. The molecule has 6 nitrogen and oxygen atoms in total. The van der Waals surface area contributed by atoms with E-state index in [1.807, 2.05) is 45.0 Å². The SMILES string of the molecule is CCCOc1ccc(/C(O)=C2/C(=O)C(=O)N(C3CCCC3)C2c2ccc(OCC)cc2)cc1C. The van der Waals surface area contributed by atoms with E-state index in [0.29, 0.717) is 18.8 Å². The molecule has 2 aromatic rings. The summed E-state index contributed by atoms with van der Waals surface area (Å²) in [4.78, 5) is 28.2. The molecule has 2 aromatic carbocycles. The molecule has 2 aliphatic rings. The average molecular weight is 464 g/mol. The topological polar surface area (TPSA) is 76.1 Å². The van der Waals surface area contributed by atoms with Crippen LogP contribution in [0.25, 0.3) is 5.76 Å². The maximum Gasteiger partial charge on any atom is 0.295 e. The number of carbonyl (C=O) groups excluding carboxylic acids is 2. The van der Waals surface area contributed by atoms with Gasteiger partial charge in [-0.3, -0.25) is 9.59 Å². The normalized spacial score (nSPS) is 20.2. The Morgan fingerprint density at radius 1 is 1.03 bits per heavy atom. The van der Waals surface area contributed by atoms with Crippen molar-refractivity contribution in [3.63, 3.8) is 0 Å². The highest BCUT2D eigenvalue weighted by Gasteiger charge is 2.49. The van der Waals surface area contributed by atoms with E-state index in [1.54, 1.807) is 23.1 Å². The number of Topliss-reactive ketones (excluding diaryl/α,β-unsaturated/α-hetero) is 1. The number of rotatable bonds is 8. The predicted molar refractivity (Wildman–Crippen MR) is 131 cm³/mol. The number of hydrogen-bond donors (Lipinski definition) is 1. The highest BCUT2D eigenvalue weighted by molar-refractivity contribution is 6.46. The molecular weight excluding hydrogens is 430 g/mol. The molecule has 1 saturated carbocycles. The lowest BCUT2D eigenvalue weighted by molar-refractivity contribution is -0.141. The Morgan fingerprint density at radius 3 is 2.35 bits per heavy atom. The fourth-order valence-corrected chi connectivity index (χ4v) is 4.98. The molecular formula is C28H33NO5. The van der Waals surface area contributed by atoms with E-state index >= 15 is 0 Å². The molecule has 1 N–H and O–H groups in total. The first kappa shape index (κ1) is 23.9. The van der Waals surface area contributed by atoms with E-state index in [1.165, 1.54) is 0 Å². The monoisotopic (exact) mass is 463 g/mol. The molecule has 1 aliphatic carbocycles. The number of benzene rings is 2. The number of aliphatic hydroxyl groups is 1. The van der Waals surface area contributed by atoms with Crippen LogP contribution in [0.2, 0.25) is 0 Å². The van der Waals surface area contributed by atoms with Crippen molar-refractivity contribution in [3.8, 4) is 11.5 Å². The smallest absolute Gasteiger partial charge is 0.295 e. The summed E-state index contributed by atoms with van der Waals surface area (Å²) in [5.74, 6) is 0.150. The van der Waals surface area contributed by atoms with Crippen LogP contribution in [0.4, 0.5) is 0 Å². The van der Waals surface area contributed by atoms with Gasteiger partial charge in [-0.05, 0) is 74.6 Å². The lowest BCUT2D eigenvalue weighted by atomic mass is 9.94. The van der Waals surface area contributed by atoms with Crippen LogP contribution in [-0.2, 0) is 9.59 Å². The summed E-state index contributed by atoms with van der Waals surface area (Å²) < 4.78 is 11.3. The van der Waals surface area contributed by atoms with E-state index < -0.39 is 17.7 Å².